The van der Waals surface area contributed by atoms with Crippen molar-refractivity contribution in [1.82, 2.24) is 14.8 Å². The van der Waals surface area contributed by atoms with E-state index in [0.29, 0.717) is 17.8 Å². The molecule has 0 saturated carbocycles. The van der Waals surface area contributed by atoms with Crippen LogP contribution in [0.25, 0.3) is 5.69 Å². The summed E-state index contributed by atoms with van der Waals surface area (Å²) >= 11 is 0. The number of benzene rings is 2. The van der Waals surface area contributed by atoms with Gasteiger partial charge in [-0.2, -0.15) is 0 Å². The molecule has 3 aromatic rings. The number of fused-ring (bicyclic) bond motifs is 1. The molecule has 8 heteroatoms. The highest BCUT2D eigenvalue weighted by molar-refractivity contribution is 6.10. The lowest BCUT2D eigenvalue weighted by Gasteiger charge is -2.23. The Morgan fingerprint density at radius 3 is 2.40 bits per heavy atom. The molecule has 2 aromatic carbocycles. The molecule has 30 heavy (non-hydrogen) atoms. The van der Waals surface area contributed by atoms with Crippen LogP contribution in [0, 0.1) is 0 Å². The molecule has 1 N–H and O–H groups in total. The normalized spacial score (nSPS) is 13.1. The van der Waals surface area contributed by atoms with E-state index < -0.39 is 11.7 Å². The Hall–Kier alpha value is -3.68. The van der Waals surface area contributed by atoms with Gasteiger partial charge in [0.1, 0.15) is 18.3 Å². The van der Waals surface area contributed by atoms with Gasteiger partial charge in [-0.25, -0.2) is 4.79 Å². The molecule has 0 spiro atoms. The Kier molecular flexibility index (Phi) is 4.99. The Morgan fingerprint density at radius 2 is 1.73 bits per heavy atom. The third-order valence-corrected chi connectivity index (χ3v) is 4.71. The lowest BCUT2D eigenvalue weighted by Crippen LogP contribution is -2.31. The van der Waals surface area contributed by atoms with Crippen LogP contribution >= 0.6 is 0 Å². The molecular formula is C22H23N5O3. The van der Waals surface area contributed by atoms with E-state index in [1.807, 2.05) is 24.3 Å². The Balaban J connectivity index is 1.58. The molecule has 0 aliphatic carbocycles. The molecule has 2 heterocycles. The van der Waals surface area contributed by atoms with E-state index >= 15 is 0 Å². The molecule has 0 saturated heterocycles. The number of nitrogens with one attached hydrogen (secondary N) is 1. The number of hydrogen-bond donors (Lipinski definition) is 1. The minimum Gasteiger partial charge on any atom is -0.444 e. The van der Waals surface area contributed by atoms with Gasteiger partial charge >= 0.3 is 6.09 Å². The predicted octanol–water partition coefficient (Wildman–Crippen LogP) is 3.82. The molecule has 4 rings (SSSR count). The van der Waals surface area contributed by atoms with Crippen LogP contribution in [0.5, 0.6) is 0 Å². The first-order valence-electron chi connectivity index (χ1n) is 9.71. The molecule has 0 fully saturated rings. The van der Waals surface area contributed by atoms with Gasteiger partial charge in [-0.3, -0.25) is 14.7 Å². The third kappa shape index (κ3) is 4.03. The highest BCUT2D eigenvalue weighted by atomic mass is 16.6. The van der Waals surface area contributed by atoms with E-state index in [4.69, 9.17) is 4.74 Å². The minimum atomic E-state index is -0.607. The van der Waals surface area contributed by atoms with E-state index in [0.717, 1.165) is 23.4 Å². The number of hydrogen-bond acceptors (Lipinski definition) is 5. The molecule has 154 valence electrons. The molecule has 8 nitrogen and oxygen atoms in total. The fraction of sp³-hybridized carbons (Fsp3) is 0.273. The summed E-state index contributed by atoms with van der Waals surface area (Å²) in [6.07, 6.45) is 3.38. The van der Waals surface area contributed by atoms with Gasteiger partial charge in [-0.05, 0) is 63.1 Å². The van der Waals surface area contributed by atoms with Crippen molar-refractivity contribution in [1.29, 1.82) is 0 Å². The van der Waals surface area contributed by atoms with Gasteiger partial charge in [0.2, 0.25) is 0 Å². The van der Waals surface area contributed by atoms with Crippen LogP contribution in [0.3, 0.4) is 0 Å². The maximum atomic E-state index is 13.2. The van der Waals surface area contributed by atoms with E-state index in [2.05, 4.69) is 15.5 Å². The fourth-order valence-electron chi connectivity index (χ4n) is 3.44. The Labute approximate surface area is 174 Å². The largest absolute Gasteiger partial charge is 0.444 e. The van der Waals surface area contributed by atoms with Gasteiger partial charge in [-0.15, -0.1) is 10.2 Å². The number of rotatable bonds is 3. The lowest BCUT2D eigenvalue weighted by atomic mass is 10.1. The molecule has 0 unspecified atom stereocenters. The van der Waals surface area contributed by atoms with Gasteiger partial charge in [0, 0.05) is 17.8 Å². The van der Waals surface area contributed by atoms with E-state index in [1.54, 1.807) is 61.1 Å². The third-order valence-electron chi connectivity index (χ3n) is 4.71. The number of ether oxygens (including phenoxy) is 1. The van der Waals surface area contributed by atoms with Crippen LogP contribution in [-0.2, 0) is 11.2 Å². The van der Waals surface area contributed by atoms with Crippen LogP contribution in [0.4, 0.5) is 16.2 Å². The molecule has 0 radical (unpaired) electrons. The molecular weight excluding hydrogens is 382 g/mol. The summed E-state index contributed by atoms with van der Waals surface area (Å²) in [4.78, 5) is 27.2. The number of aromatic nitrogens is 3. The summed E-state index contributed by atoms with van der Waals surface area (Å²) in [5.74, 6) is -0.123. The van der Waals surface area contributed by atoms with Crippen molar-refractivity contribution in [2.45, 2.75) is 32.8 Å². The molecule has 0 atom stereocenters. The minimum absolute atomic E-state index is 0.123. The number of amides is 2. The second kappa shape index (κ2) is 7.62. The smallest absolute Gasteiger partial charge is 0.412 e. The van der Waals surface area contributed by atoms with Crippen LogP contribution in [0.2, 0.25) is 0 Å². The molecule has 1 aromatic heterocycles. The summed E-state index contributed by atoms with van der Waals surface area (Å²) in [6, 6.07) is 12.9. The highest BCUT2D eigenvalue weighted by Crippen LogP contribution is 2.36. The zero-order valence-electron chi connectivity index (χ0n) is 17.1. The number of carbonyl (C=O) groups excluding carboxylic acids is 2. The quantitative estimate of drug-likeness (QED) is 0.716. The van der Waals surface area contributed by atoms with E-state index in [9.17, 15) is 9.59 Å². The van der Waals surface area contributed by atoms with Crippen molar-refractivity contribution in [2.75, 3.05) is 16.8 Å². The van der Waals surface area contributed by atoms with Crippen LogP contribution in [0.15, 0.2) is 55.1 Å². The van der Waals surface area contributed by atoms with Gasteiger partial charge < -0.3 is 9.64 Å². The van der Waals surface area contributed by atoms with Crippen LogP contribution in [-0.4, -0.2) is 38.9 Å². The zero-order chi connectivity index (χ0) is 21.3. The summed E-state index contributed by atoms with van der Waals surface area (Å²) < 4.78 is 7.13. The van der Waals surface area contributed by atoms with Gasteiger partial charge in [0.05, 0.1) is 11.4 Å². The standard InChI is InChI=1S/C22H23N5O3/c1-22(2,3)30-21(29)25-18-6-4-5-15-11-12-27(19(15)18)20(28)16-7-9-17(10-8-16)26-13-23-24-14-26/h4-10,13-14H,11-12H2,1-3H3,(H,25,29). The summed E-state index contributed by atoms with van der Waals surface area (Å²) in [5.41, 5.74) is 3.12. The van der Waals surface area contributed by atoms with Gasteiger partial charge in [0.15, 0.2) is 0 Å². The fourth-order valence-corrected chi connectivity index (χ4v) is 3.44. The topological polar surface area (TPSA) is 89.4 Å². The summed E-state index contributed by atoms with van der Waals surface area (Å²) in [7, 11) is 0. The molecule has 1 aliphatic heterocycles. The maximum Gasteiger partial charge on any atom is 0.412 e. The number of nitrogens with zero attached hydrogens (tertiary/aromatic N) is 4. The average molecular weight is 405 g/mol. The Bertz CT molecular complexity index is 1070. The monoisotopic (exact) mass is 405 g/mol. The number of para-hydroxylation sites is 1. The summed E-state index contributed by atoms with van der Waals surface area (Å²) in [6.45, 7) is 5.97. The van der Waals surface area contributed by atoms with Crippen molar-refractivity contribution in [3.05, 3.63) is 66.2 Å². The van der Waals surface area contributed by atoms with E-state index in [-0.39, 0.29) is 5.91 Å². The molecule has 1 aliphatic rings. The molecule has 0 bridgehead atoms. The van der Waals surface area contributed by atoms with Crippen LogP contribution < -0.4 is 10.2 Å². The first-order chi connectivity index (χ1) is 14.3. The predicted molar refractivity (Wildman–Crippen MR) is 113 cm³/mol. The second-order valence-corrected chi connectivity index (χ2v) is 8.06. The van der Waals surface area contributed by atoms with Crippen molar-refractivity contribution < 1.29 is 14.3 Å². The molecule has 2 amide bonds. The van der Waals surface area contributed by atoms with Crippen molar-refractivity contribution in [3.63, 3.8) is 0 Å². The van der Waals surface area contributed by atoms with E-state index in [1.165, 1.54) is 0 Å². The van der Waals surface area contributed by atoms with Crippen molar-refractivity contribution >= 4 is 23.4 Å². The first kappa shape index (κ1) is 19.6. The van der Waals surface area contributed by atoms with Crippen molar-refractivity contribution in [3.8, 4) is 5.69 Å². The SMILES string of the molecule is CC(C)(C)OC(=O)Nc1cccc2c1N(C(=O)c1ccc(-n3cnnc3)cc1)CC2. The average Bonchev–Trinajstić information content (AvgIpc) is 3.37. The lowest BCUT2D eigenvalue weighted by molar-refractivity contribution is 0.0635. The number of anilines is 2. The van der Waals surface area contributed by atoms with Crippen molar-refractivity contribution in [2.24, 2.45) is 0 Å². The van der Waals surface area contributed by atoms with Gasteiger partial charge in [0.25, 0.3) is 5.91 Å². The van der Waals surface area contributed by atoms with Gasteiger partial charge in [-0.1, -0.05) is 12.1 Å². The zero-order valence-corrected chi connectivity index (χ0v) is 17.1. The Morgan fingerprint density at radius 1 is 1.03 bits per heavy atom. The summed E-state index contributed by atoms with van der Waals surface area (Å²) in [5, 5.41) is 10.4. The first-order valence-corrected chi connectivity index (χ1v) is 9.71. The second-order valence-electron chi connectivity index (χ2n) is 8.06. The highest BCUT2D eigenvalue weighted by Gasteiger charge is 2.29. The van der Waals surface area contributed by atoms with Crippen LogP contribution in [0.1, 0.15) is 36.7 Å². The number of carbonyl (C=O) groups is 2. The maximum absolute atomic E-state index is 13.2.